The van der Waals surface area contributed by atoms with Crippen LogP contribution in [0.15, 0.2) is 28.7 Å². The number of carbonyl (C=O) groups excluding carboxylic acids is 2. The fourth-order valence-corrected chi connectivity index (χ4v) is 2.22. The average Bonchev–Trinajstić information content (AvgIpc) is 2.78. The molecule has 0 spiro atoms. The van der Waals surface area contributed by atoms with Gasteiger partial charge in [-0.25, -0.2) is 4.79 Å². The van der Waals surface area contributed by atoms with Crippen LogP contribution in [0.25, 0.3) is 0 Å². The number of benzene rings is 1. The topological polar surface area (TPSA) is 68.5 Å². The summed E-state index contributed by atoms with van der Waals surface area (Å²) < 4.78 is 10.2. The molecular formula is C16H16ClNO4. The van der Waals surface area contributed by atoms with E-state index in [1.54, 1.807) is 38.1 Å². The Morgan fingerprint density at radius 3 is 2.55 bits per heavy atom. The Morgan fingerprint density at radius 1 is 1.23 bits per heavy atom. The van der Waals surface area contributed by atoms with Crippen LogP contribution in [0.1, 0.15) is 27.4 Å². The molecule has 116 valence electrons. The van der Waals surface area contributed by atoms with Crippen molar-refractivity contribution >= 4 is 29.2 Å². The number of aryl methyl sites for hydroxylation is 3. The van der Waals surface area contributed by atoms with Gasteiger partial charge in [0.15, 0.2) is 6.61 Å². The lowest BCUT2D eigenvalue weighted by Gasteiger charge is -2.09. The number of nitrogens with one attached hydrogen (secondary N) is 1. The van der Waals surface area contributed by atoms with Gasteiger partial charge in [-0.3, -0.25) is 4.79 Å². The smallest absolute Gasteiger partial charge is 0.342 e. The maximum atomic E-state index is 11.9. The standard InChI is InChI=1S/C16H16ClNO4/c1-9-6-12(17)4-5-14(9)18-15(19)8-21-16(20)13-7-10(2)22-11(13)3/h4-7H,8H2,1-3H3,(H,18,19). The molecule has 6 heteroatoms. The van der Waals surface area contributed by atoms with Crippen molar-refractivity contribution in [1.82, 2.24) is 0 Å². The van der Waals surface area contributed by atoms with Crippen LogP contribution in [0.5, 0.6) is 0 Å². The number of amides is 1. The van der Waals surface area contributed by atoms with Gasteiger partial charge >= 0.3 is 5.97 Å². The lowest BCUT2D eigenvalue weighted by atomic mass is 10.2. The Bertz CT molecular complexity index is 721. The highest BCUT2D eigenvalue weighted by atomic mass is 35.5. The number of esters is 1. The van der Waals surface area contributed by atoms with Gasteiger partial charge in [-0.15, -0.1) is 0 Å². The second kappa shape index (κ2) is 6.66. The third kappa shape index (κ3) is 3.89. The van der Waals surface area contributed by atoms with Crippen molar-refractivity contribution in [3.63, 3.8) is 0 Å². The molecule has 2 aromatic rings. The Kier molecular flexibility index (Phi) is 4.88. The fraction of sp³-hybridized carbons (Fsp3) is 0.250. The van der Waals surface area contributed by atoms with Crippen LogP contribution in [-0.4, -0.2) is 18.5 Å². The predicted octanol–water partition coefficient (Wildman–Crippen LogP) is 3.65. The van der Waals surface area contributed by atoms with Gasteiger partial charge in [0.05, 0.1) is 0 Å². The van der Waals surface area contributed by atoms with E-state index in [1.807, 2.05) is 6.92 Å². The Labute approximate surface area is 133 Å². The SMILES string of the molecule is Cc1cc(C(=O)OCC(=O)Nc2ccc(Cl)cc2C)c(C)o1. The molecule has 1 N–H and O–H groups in total. The van der Waals surface area contributed by atoms with Gasteiger partial charge in [0, 0.05) is 10.7 Å². The predicted molar refractivity (Wildman–Crippen MR) is 83.3 cm³/mol. The van der Waals surface area contributed by atoms with Gasteiger partial charge in [-0.2, -0.15) is 0 Å². The maximum absolute atomic E-state index is 11.9. The maximum Gasteiger partial charge on any atom is 0.342 e. The van der Waals surface area contributed by atoms with E-state index in [9.17, 15) is 9.59 Å². The van der Waals surface area contributed by atoms with Crippen LogP contribution in [0.3, 0.4) is 0 Å². The van der Waals surface area contributed by atoms with Crippen molar-refractivity contribution in [1.29, 1.82) is 0 Å². The molecule has 1 heterocycles. The minimum atomic E-state index is -0.586. The van der Waals surface area contributed by atoms with Crippen LogP contribution >= 0.6 is 11.6 Å². The minimum Gasteiger partial charge on any atom is -0.466 e. The molecule has 0 radical (unpaired) electrons. The number of hydrogen-bond donors (Lipinski definition) is 1. The molecule has 0 atom stereocenters. The van der Waals surface area contributed by atoms with Gasteiger partial charge in [0.2, 0.25) is 0 Å². The van der Waals surface area contributed by atoms with Crippen LogP contribution in [0.2, 0.25) is 5.02 Å². The first-order chi connectivity index (χ1) is 10.4. The number of carbonyl (C=O) groups is 2. The van der Waals surface area contributed by atoms with E-state index < -0.39 is 11.9 Å². The summed E-state index contributed by atoms with van der Waals surface area (Å²) in [6.07, 6.45) is 0. The molecule has 2 rings (SSSR count). The molecule has 0 saturated carbocycles. The van der Waals surface area contributed by atoms with Gasteiger partial charge in [0.1, 0.15) is 17.1 Å². The van der Waals surface area contributed by atoms with E-state index in [-0.39, 0.29) is 6.61 Å². The van der Waals surface area contributed by atoms with Crippen LogP contribution in [0.4, 0.5) is 5.69 Å². The average molecular weight is 322 g/mol. The van der Waals surface area contributed by atoms with Crippen molar-refractivity contribution < 1.29 is 18.7 Å². The van der Waals surface area contributed by atoms with E-state index in [0.29, 0.717) is 27.8 Å². The molecule has 22 heavy (non-hydrogen) atoms. The van der Waals surface area contributed by atoms with Crippen LogP contribution in [-0.2, 0) is 9.53 Å². The first-order valence-electron chi connectivity index (χ1n) is 6.67. The van der Waals surface area contributed by atoms with Crippen LogP contribution in [0, 0.1) is 20.8 Å². The Morgan fingerprint density at radius 2 is 1.95 bits per heavy atom. The monoisotopic (exact) mass is 321 g/mol. The van der Waals surface area contributed by atoms with Gasteiger partial charge in [-0.1, -0.05) is 11.6 Å². The number of hydrogen-bond acceptors (Lipinski definition) is 4. The molecule has 1 aromatic heterocycles. The second-order valence-corrected chi connectivity index (χ2v) is 5.35. The largest absolute Gasteiger partial charge is 0.466 e. The molecular weight excluding hydrogens is 306 g/mol. The number of rotatable bonds is 4. The molecule has 5 nitrogen and oxygen atoms in total. The quantitative estimate of drug-likeness (QED) is 0.873. The molecule has 1 amide bonds. The summed E-state index contributed by atoms with van der Waals surface area (Å²) in [6, 6.07) is 6.69. The first kappa shape index (κ1) is 16.1. The number of anilines is 1. The highest BCUT2D eigenvalue weighted by Crippen LogP contribution is 2.19. The number of halogens is 1. The lowest BCUT2D eigenvalue weighted by molar-refractivity contribution is -0.119. The fourth-order valence-electron chi connectivity index (χ4n) is 2.00. The summed E-state index contributed by atoms with van der Waals surface area (Å²) in [5.41, 5.74) is 1.78. The van der Waals surface area contributed by atoms with Crippen molar-refractivity contribution in [3.8, 4) is 0 Å². The molecule has 0 aliphatic heterocycles. The Balaban J connectivity index is 1.92. The lowest BCUT2D eigenvalue weighted by Crippen LogP contribution is -2.21. The summed E-state index contributed by atoms with van der Waals surface area (Å²) >= 11 is 5.85. The summed E-state index contributed by atoms with van der Waals surface area (Å²) in [5.74, 6) is 0.0797. The van der Waals surface area contributed by atoms with Crippen molar-refractivity contribution in [2.75, 3.05) is 11.9 Å². The minimum absolute atomic E-state index is 0.327. The van der Waals surface area contributed by atoms with Crippen molar-refractivity contribution in [3.05, 3.63) is 51.9 Å². The zero-order valence-corrected chi connectivity index (χ0v) is 13.3. The van der Waals surface area contributed by atoms with E-state index in [0.717, 1.165) is 5.56 Å². The zero-order chi connectivity index (χ0) is 16.3. The highest BCUT2D eigenvalue weighted by Gasteiger charge is 2.16. The molecule has 1 aromatic carbocycles. The van der Waals surface area contributed by atoms with Crippen LogP contribution < -0.4 is 5.32 Å². The van der Waals surface area contributed by atoms with Crippen molar-refractivity contribution in [2.24, 2.45) is 0 Å². The number of furan rings is 1. The summed E-state index contributed by atoms with van der Waals surface area (Å²) in [7, 11) is 0. The number of ether oxygens (including phenoxy) is 1. The normalized spacial score (nSPS) is 10.4. The Hall–Kier alpha value is -2.27. The third-order valence-electron chi connectivity index (χ3n) is 3.06. The van der Waals surface area contributed by atoms with E-state index >= 15 is 0 Å². The van der Waals surface area contributed by atoms with Gasteiger partial charge in [0.25, 0.3) is 5.91 Å². The van der Waals surface area contributed by atoms with E-state index in [1.165, 1.54) is 0 Å². The highest BCUT2D eigenvalue weighted by molar-refractivity contribution is 6.30. The summed E-state index contributed by atoms with van der Waals surface area (Å²) in [4.78, 5) is 23.7. The van der Waals surface area contributed by atoms with Gasteiger partial charge in [-0.05, 0) is 50.6 Å². The molecule has 0 bridgehead atoms. The third-order valence-corrected chi connectivity index (χ3v) is 3.29. The molecule has 0 fully saturated rings. The molecule has 0 unspecified atom stereocenters. The zero-order valence-electron chi connectivity index (χ0n) is 12.5. The first-order valence-corrected chi connectivity index (χ1v) is 7.05. The summed E-state index contributed by atoms with van der Waals surface area (Å²) in [5, 5.41) is 3.26. The second-order valence-electron chi connectivity index (χ2n) is 4.91. The van der Waals surface area contributed by atoms with E-state index in [2.05, 4.69) is 5.32 Å². The van der Waals surface area contributed by atoms with E-state index in [4.69, 9.17) is 20.8 Å². The van der Waals surface area contributed by atoms with Gasteiger partial charge < -0.3 is 14.5 Å². The molecule has 0 aliphatic rings. The van der Waals surface area contributed by atoms with Crippen molar-refractivity contribution in [2.45, 2.75) is 20.8 Å². The summed E-state index contributed by atoms with van der Waals surface area (Å²) in [6.45, 7) is 4.86. The molecule has 0 aliphatic carbocycles. The molecule has 0 saturated heterocycles.